The van der Waals surface area contributed by atoms with E-state index < -0.39 is 5.91 Å². The van der Waals surface area contributed by atoms with E-state index in [0.29, 0.717) is 29.1 Å². The van der Waals surface area contributed by atoms with Crippen LogP contribution >= 0.6 is 0 Å². The first kappa shape index (κ1) is 25.0. The number of Topliss-reactive ketones (excluding diaryl/α,β-unsaturated/α-hetero) is 1. The molecule has 0 aromatic heterocycles. The summed E-state index contributed by atoms with van der Waals surface area (Å²) in [7, 11) is 0. The number of benzene rings is 2. The lowest BCUT2D eigenvalue weighted by molar-refractivity contribution is -0.127. The number of amides is 1. The smallest absolute Gasteiger partial charge is 0.248 e. The van der Waals surface area contributed by atoms with Crippen LogP contribution in [-0.2, 0) is 22.4 Å². The topological polar surface area (TPSA) is 69.4 Å². The van der Waals surface area contributed by atoms with Crippen molar-refractivity contribution in [2.45, 2.75) is 71.1 Å². The molecule has 2 fully saturated rings. The number of carbonyl (C=O) groups excluding carboxylic acids is 2. The highest BCUT2D eigenvalue weighted by molar-refractivity contribution is 6.06. The lowest BCUT2D eigenvalue weighted by Gasteiger charge is -2.48. The van der Waals surface area contributed by atoms with Crippen LogP contribution in [0.15, 0.2) is 48.0 Å². The van der Waals surface area contributed by atoms with Gasteiger partial charge in [0.15, 0.2) is 5.78 Å². The summed E-state index contributed by atoms with van der Waals surface area (Å²) >= 11 is 0. The second kappa shape index (κ2) is 10.3. The number of hydrogen-bond donors (Lipinski definition) is 1. The van der Waals surface area contributed by atoms with Crippen molar-refractivity contribution < 1.29 is 14.3 Å². The number of ketones is 1. The molecule has 2 saturated carbocycles. The van der Waals surface area contributed by atoms with Gasteiger partial charge >= 0.3 is 0 Å². The van der Waals surface area contributed by atoms with Crippen molar-refractivity contribution in [2.75, 3.05) is 13.2 Å². The highest BCUT2D eigenvalue weighted by Crippen LogP contribution is 2.60. The minimum absolute atomic E-state index is 0.276. The van der Waals surface area contributed by atoms with Crippen LogP contribution in [0.1, 0.15) is 90.9 Å². The maximum absolute atomic E-state index is 13.6. The summed E-state index contributed by atoms with van der Waals surface area (Å²) in [5.74, 6) is 1.34. The van der Waals surface area contributed by atoms with Gasteiger partial charge in [0.2, 0.25) is 5.91 Å². The van der Waals surface area contributed by atoms with Gasteiger partial charge in [0.05, 0.1) is 6.61 Å². The van der Waals surface area contributed by atoms with Gasteiger partial charge in [0.1, 0.15) is 0 Å². The summed E-state index contributed by atoms with van der Waals surface area (Å²) in [6.07, 6.45) is 10.4. The number of hydrogen-bond acceptors (Lipinski definition) is 3. The minimum Gasteiger partial charge on any atom is -0.381 e. The first-order valence-corrected chi connectivity index (χ1v) is 13.8. The van der Waals surface area contributed by atoms with Gasteiger partial charge in [-0.25, -0.2) is 0 Å². The van der Waals surface area contributed by atoms with Crippen molar-refractivity contribution in [1.29, 1.82) is 0 Å². The molecule has 4 atom stereocenters. The molecule has 190 valence electrons. The Hall–Kier alpha value is -2.72. The van der Waals surface area contributed by atoms with Gasteiger partial charge < -0.3 is 10.5 Å². The van der Waals surface area contributed by atoms with Crippen molar-refractivity contribution in [3.8, 4) is 0 Å². The van der Waals surface area contributed by atoms with Gasteiger partial charge in [-0.1, -0.05) is 50.6 Å². The summed E-state index contributed by atoms with van der Waals surface area (Å²) in [5.41, 5.74) is 11.9. The van der Waals surface area contributed by atoms with E-state index in [1.807, 2.05) is 18.2 Å². The summed E-state index contributed by atoms with van der Waals surface area (Å²) < 4.78 is 5.79. The molecule has 4 nitrogen and oxygen atoms in total. The molecule has 3 aliphatic carbocycles. The molecule has 36 heavy (non-hydrogen) atoms. The number of primary amides is 1. The molecule has 2 N–H and O–H groups in total. The zero-order valence-electron chi connectivity index (χ0n) is 21.7. The zero-order chi connectivity index (χ0) is 25.3. The van der Waals surface area contributed by atoms with Crippen LogP contribution in [0.3, 0.4) is 0 Å². The molecule has 1 amide bonds. The molecule has 0 unspecified atom stereocenters. The van der Waals surface area contributed by atoms with E-state index >= 15 is 0 Å². The van der Waals surface area contributed by atoms with Crippen molar-refractivity contribution in [2.24, 2.45) is 23.0 Å². The van der Waals surface area contributed by atoms with Crippen LogP contribution < -0.4 is 5.73 Å². The number of rotatable bonds is 8. The van der Waals surface area contributed by atoms with Crippen molar-refractivity contribution >= 4 is 17.8 Å². The summed E-state index contributed by atoms with van der Waals surface area (Å²) in [6, 6.07) is 14.4. The molecule has 0 radical (unpaired) electrons. The van der Waals surface area contributed by atoms with Gasteiger partial charge in [0, 0.05) is 17.6 Å². The van der Waals surface area contributed by atoms with Crippen LogP contribution in [0.25, 0.3) is 6.08 Å². The van der Waals surface area contributed by atoms with Crippen molar-refractivity contribution in [3.63, 3.8) is 0 Å². The van der Waals surface area contributed by atoms with Crippen LogP contribution in [0, 0.1) is 17.3 Å². The Morgan fingerprint density at radius 3 is 2.83 bits per heavy atom. The number of aryl methyl sites for hydroxylation is 1. The number of carbonyl (C=O) groups is 2. The number of ether oxygens (including phenoxy) is 1. The Balaban J connectivity index is 1.33. The van der Waals surface area contributed by atoms with E-state index in [4.69, 9.17) is 10.5 Å². The molecule has 2 aromatic rings. The molecule has 0 aliphatic heterocycles. The van der Waals surface area contributed by atoms with E-state index in [1.54, 1.807) is 12.1 Å². The second-order valence-electron chi connectivity index (χ2n) is 11.3. The Kier molecular flexibility index (Phi) is 7.16. The van der Waals surface area contributed by atoms with Crippen LogP contribution in [0.2, 0.25) is 0 Å². The van der Waals surface area contributed by atoms with Crippen molar-refractivity contribution in [3.05, 3.63) is 75.9 Å². The predicted molar refractivity (Wildman–Crippen MR) is 144 cm³/mol. The molecule has 3 aliphatic rings. The van der Waals surface area contributed by atoms with Gasteiger partial charge in [-0.15, -0.1) is 0 Å². The fourth-order valence-electron chi connectivity index (χ4n) is 7.11. The fourth-order valence-corrected chi connectivity index (χ4v) is 7.11. The fraction of sp³-hybridized carbons (Fsp3) is 0.500. The SMILES string of the molecule is CCCCOCCc1ccc2c(c1)CC[C@@H]1[C@@H]2CC[C@]2(C)C(=O)/C(=C/c3cccc(C(N)=O)c3)C[C@@H]12. The zero-order valence-corrected chi connectivity index (χ0v) is 21.7. The molecular weight excluding hydrogens is 446 g/mol. The van der Waals surface area contributed by atoms with Crippen LogP contribution in [0.5, 0.6) is 0 Å². The van der Waals surface area contributed by atoms with E-state index in [-0.39, 0.29) is 5.41 Å². The lowest BCUT2D eigenvalue weighted by atomic mass is 9.55. The van der Waals surface area contributed by atoms with Crippen LogP contribution in [0.4, 0.5) is 0 Å². The Morgan fingerprint density at radius 1 is 1.17 bits per heavy atom. The first-order chi connectivity index (χ1) is 17.4. The quantitative estimate of drug-likeness (QED) is 0.354. The average Bonchev–Trinajstić information content (AvgIpc) is 3.13. The molecule has 4 heteroatoms. The molecule has 5 rings (SSSR count). The van der Waals surface area contributed by atoms with E-state index in [1.165, 1.54) is 23.1 Å². The maximum atomic E-state index is 13.6. The largest absolute Gasteiger partial charge is 0.381 e. The molecule has 2 aromatic carbocycles. The molecule has 0 bridgehead atoms. The normalized spacial score (nSPS) is 28.0. The summed E-state index contributed by atoms with van der Waals surface area (Å²) in [6.45, 7) is 6.05. The average molecular weight is 486 g/mol. The lowest BCUT2D eigenvalue weighted by Crippen LogP contribution is -2.42. The van der Waals surface area contributed by atoms with Gasteiger partial charge in [-0.05, 0) is 109 Å². The van der Waals surface area contributed by atoms with E-state index in [2.05, 4.69) is 32.0 Å². The third-order valence-corrected chi connectivity index (χ3v) is 9.12. The van der Waals surface area contributed by atoms with Crippen molar-refractivity contribution in [1.82, 2.24) is 0 Å². The monoisotopic (exact) mass is 485 g/mol. The Labute approximate surface area is 215 Å². The molecular formula is C32H39NO3. The number of nitrogens with two attached hydrogens (primary N) is 1. The molecule has 0 saturated heterocycles. The highest BCUT2D eigenvalue weighted by Gasteiger charge is 2.56. The third-order valence-electron chi connectivity index (χ3n) is 9.12. The van der Waals surface area contributed by atoms with E-state index in [9.17, 15) is 9.59 Å². The molecule has 0 heterocycles. The van der Waals surface area contributed by atoms with Gasteiger partial charge in [-0.3, -0.25) is 9.59 Å². The summed E-state index contributed by atoms with van der Waals surface area (Å²) in [5, 5.41) is 0. The van der Waals surface area contributed by atoms with Crippen LogP contribution in [-0.4, -0.2) is 24.9 Å². The molecule has 0 spiro atoms. The third kappa shape index (κ3) is 4.68. The maximum Gasteiger partial charge on any atom is 0.248 e. The minimum atomic E-state index is -0.440. The van der Waals surface area contributed by atoms with E-state index in [0.717, 1.165) is 69.3 Å². The number of fused-ring (bicyclic) bond motifs is 5. The van der Waals surface area contributed by atoms with Gasteiger partial charge in [-0.2, -0.15) is 0 Å². The Morgan fingerprint density at radius 2 is 2.03 bits per heavy atom. The number of unbranched alkanes of at least 4 members (excludes halogenated alkanes) is 1. The second-order valence-corrected chi connectivity index (χ2v) is 11.3. The van der Waals surface area contributed by atoms with Gasteiger partial charge in [0.25, 0.3) is 0 Å². The standard InChI is InChI=1S/C32H39NO3/c1-3-4-15-36-16-13-21-8-10-26-23(17-21)9-11-28-27(26)12-14-32(2)29(28)20-25(30(32)34)19-22-6-5-7-24(18-22)31(33)35/h5-8,10,17-19,27-29H,3-4,9,11-16,20H2,1-2H3,(H2,33,35)/b25-19+/t27-,28-,29+,32+/m1/s1. The number of allylic oxidation sites excluding steroid dienone is 1. The predicted octanol–water partition coefficient (Wildman–Crippen LogP) is 6.26. The highest BCUT2D eigenvalue weighted by atomic mass is 16.5. The first-order valence-electron chi connectivity index (χ1n) is 13.8. The summed E-state index contributed by atoms with van der Waals surface area (Å²) in [4.78, 5) is 25.3. The Bertz CT molecular complexity index is 1180.